The Labute approximate surface area is 187 Å². The van der Waals surface area contributed by atoms with Crippen LogP contribution in [0.2, 0.25) is 0 Å². The normalized spacial score (nSPS) is 14.2. The van der Waals surface area contributed by atoms with Crippen molar-refractivity contribution in [1.29, 1.82) is 0 Å². The van der Waals surface area contributed by atoms with E-state index in [1.54, 1.807) is 42.5 Å². The van der Waals surface area contributed by atoms with Crippen LogP contribution in [0.3, 0.4) is 0 Å². The molecule has 0 saturated carbocycles. The van der Waals surface area contributed by atoms with Crippen LogP contribution >= 0.6 is 0 Å². The summed E-state index contributed by atoms with van der Waals surface area (Å²) in [5.74, 6) is -0.312. The van der Waals surface area contributed by atoms with Crippen LogP contribution in [0.4, 0.5) is 5.69 Å². The molecule has 0 aliphatic carbocycles. The highest BCUT2D eigenvalue weighted by Crippen LogP contribution is 2.22. The van der Waals surface area contributed by atoms with Crippen molar-refractivity contribution in [2.24, 2.45) is 4.99 Å². The Kier molecular flexibility index (Phi) is 6.26. The summed E-state index contributed by atoms with van der Waals surface area (Å²) < 4.78 is 5.36. The van der Waals surface area contributed by atoms with E-state index in [-0.39, 0.29) is 17.4 Å². The van der Waals surface area contributed by atoms with Crippen molar-refractivity contribution >= 4 is 29.4 Å². The minimum absolute atomic E-state index is 0.0590. The number of rotatable bonds is 7. The molecule has 0 unspecified atom stereocenters. The molecule has 0 spiro atoms. The number of carbonyl (C=O) groups is 2. The first kappa shape index (κ1) is 21.2. The van der Waals surface area contributed by atoms with Gasteiger partial charge < -0.3 is 9.64 Å². The van der Waals surface area contributed by atoms with E-state index in [1.807, 2.05) is 42.5 Å². The Balaban J connectivity index is 1.52. The molecular weight excluding hydrogens is 400 g/mol. The van der Waals surface area contributed by atoms with Crippen LogP contribution in [0.25, 0.3) is 6.08 Å². The molecule has 5 nitrogen and oxygen atoms in total. The van der Waals surface area contributed by atoms with Crippen molar-refractivity contribution in [1.82, 2.24) is 0 Å². The first-order valence-corrected chi connectivity index (χ1v) is 10.7. The van der Waals surface area contributed by atoms with Crippen LogP contribution < -0.4 is 4.90 Å². The fraction of sp³-hybridized carbons (Fsp3) is 0.148. The maximum atomic E-state index is 12.6. The van der Waals surface area contributed by atoms with Crippen molar-refractivity contribution in [3.63, 3.8) is 0 Å². The van der Waals surface area contributed by atoms with Gasteiger partial charge in [-0.15, -0.1) is 0 Å². The molecule has 1 heterocycles. The van der Waals surface area contributed by atoms with Crippen LogP contribution in [-0.4, -0.2) is 30.7 Å². The van der Waals surface area contributed by atoms with Crippen LogP contribution in [-0.2, 0) is 9.53 Å². The summed E-state index contributed by atoms with van der Waals surface area (Å²) in [5.41, 5.74) is 4.10. The second-order valence-corrected chi connectivity index (χ2v) is 7.37. The third-order valence-electron chi connectivity index (χ3n) is 5.38. The Morgan fingerprint density at radius 1 is 0.875 bits per heavy atom. The number of cyclic esters (lactones) is 1. The van der Waals surface area contributed by atoms with Gasteiger partial charge in [-0.3, -0.25) is 4.79 Å². The molecule has 4 rings (SSSR count). The number of hydrogen-bond donors (Lipinski definition) is 0. The summed E-state index contributed by atoms with van der Waals surface area (Å²) in [6, 6.07) is 24.0. The highest BCUT2D eigenvalue weighted by Gasteiger charge is 2.24. The first-order chi connectivity index (χ1) is 15.6. The van der Waals surface area contributed by atoms with E-state index >= 15 is 0 Å². The van der Waals surface area contributed by atoms with E-state index in [0.717, 1.165) is 24.3 Å². The van der Waals surface area contributed by atoms with E-state index in [9.17, 15) is 9.59 Å². The van der Waals surface area contributed by atoms with Crippen LogP contribution in [0.15, 0.2) is 89.6 Å². The lowest BCUT2D eigenvalue weighted by Crippen LogP contribution is -2.21. The average Bonchev–Trinajstić information content (AvgIpc) is 3.21. The Hall–Kier alpha value is -3.99. The molecule has 0 aromatic heterocycles. The van der Waals surface area contributed by atoms with E-state index in [2.05, 4.69) is 23.7 Å². The molecule has 0 radical (unpaired) electrons. The van der Waals surface area contributed by atoms with Gasteiger partial charge in [0.15, 0.2) is 11.5 Å². The summed E-state index contributed by atoms with van der Waals surface area (Å²) in [4.78, 5) is 31.5. The summed E-state index contributed by atoms with van der Waals surface area (Å²) in [7, 11) is 0. The lowest BCUT2D eigenvalue weighted by Gasteiger charge is -2.20. The number of benzene rings is 3. The number of esters is 1. The second-order valence-electron chi connectivity index (χ2n) is 7.37. The monoisotopic (exact) mass is 424 g/mol. The smallest absolute Gasteiger partial charge is 0.363 e. The number of carbonyl (C=O) groups excluding carboxylic acids is 2. The SMILES string of the molecule is CCN(CC)c1ccc(C=C2N=C(c3ccc(C(=O)c4ccccc4)cc3)OC2=O)cc1. The fourth-order valence-corrected chi connectivity index (χ4v) is 3.58. The summed E-state index contributed by atoms with van der Waals surface area (Å²) in [6.07, 6.45) is 1.72. The van der Waals surface area contributed by atoms with Crippen molar-refractivity contribution in [3.8, 4) is 0 Å². The number of anilines is 1. The van der Waals surface area contributed by atoms with Gasteiger partial charge in [0.2, 0.25) is 5.90 Å². The Bertz CT molecular complexity index is 1170. The number of ether oxygens (including phenoxy) is 1. The molecule has 0 N–H and O–H groups in total. The molecule has 5 heteroatoms. The summed E-state index contributed by atoms with van der Waals surface area (Å²) in [6.45, 7) is 6.11. The molecular formula is C27H24N2O3. The number of nitrogens with zero attached hydrogens (tertiary/aromatic N) is 2. The van der Waals surface area contributed by atoms with E-state index in [4.69, 9.17) is 4.74 Å². The highest BCUT2D eigenvalue weighted by molar-refractivity contribution is 6.13. The van der Waals surface area contributed by atoms with Gasteiger partial charge in [-0.1, -0.05) is 54.6 Å². The van der Waals surface area contributed by atoms with Crippen LogP contribution in [0.5, 0.6) is 0 Å². The van der Waals surface area contributed by atoms with Gasteiger partial charge in [-0.25, -0.2) is 9.79 Å². The van der Waals surface area contributed by atoms with Gasteiger partial charge in [0.05, 0.1) is 0 Å². The first-order valence-electron chi connectivity index (χ1n) is 10.7. The number of hydrogen-bond acceptors (Lipinski definition) is 5. The zero-order valence-electron chi connectivity index (χ0n) is 18.1. The van der Waals surface area contributed by atoms with Gasteiger partial charge >= 0.3 is 5.97 Å². The summed E-state index contributed by atoms with van der Waals surface area (Å²) >= 11 is 0. The van der Waals surface area contributed by atoms with Crippen molar-refractivity contribution < 1.29 is 14.3 Å². The minimum atomic E-state index is -0.489. The predicted octanol–water partition coefficient (Wildman–Crippen LogP) is 5.11. The molecule has 160 valence electrons. The zero-order chi connectivity index (χ0) is 22.5. The third-order valence-corrected chi connectivity index (χ3v) is 5.38. The van der Waals surface area contributed by atoms with Crippen molar-refractivity contribution in [2.75, 3.05) is 18.0 Å². The topological polar surface area (TPSA) is 59.0 Å². The lowest BCUT2D eigenvalue weighted by atomic mass is 10.0. The number of aliphatic imine (C=N–C) groups is 1. The molecule has 1 aliphatic rings. The van der Waals surface area contributed by atoms with Gasteiger partial charge in [0.25, 0.3) is 0 Å². The Morgan fingerprint density at radius 3 is 2.12 bits per heavy atom. The van der Waals surface area contributed by atoms with Crippen molar-refractivity contribution in [2.45, 2.75) is 13.8 Å². The molecule has 0 fully saturated rings. The largest absolute Gasteiger partial charge is 0.402 e. The van der Waals surface area contributed by atoms with E-state index in [0.29, 0.717) is 16.7 Å². The standard InChI is InChI=1S/C27H24N2O3/c1-3-29(4-2)23-16-10-19(11-17-23)18-24-27(31)32-26(28-24)22-14-12-21(13-15-22)25(30)20-8-6-5-7-9-20/h5-18H,3-4H2,1-2H3. The molecule has 3 aromatic rings. The van der Waals surface area contributed by atoms with Gasteiger partial charge in [-0.05, 0) is 49.8 Å². The Morgan fingerprint density at radius 2 is 1.50 bits per heavy atom. The highest BCUT2D eigenvalue weighted by atomic mass is 16.6. The average molecular weight is 425 g/mol. The molecule has 32 heavy (non-hydrogen) atoms. The van der Waals surface area contributed by atoms with E-state index in [1.165, 1.54) is 0 Å². The van der Waals surface area contributed by atoms with Gasteiger partial charge in [-0.2, -0.15) is 0 Å². The lowest BCUT2D eigenvalue weighted by molar-refractivity contribution is -0.129. The van der Waals surface area contributed by atoms with Crippen LogP contribution in [0, 0.1) is 0 Å². The zero-order valence-corrected chi connectivity index (χ0v) is 18.1. The molecule has 0 atom stereocenters. The minimum Gasteiger partial charge on any atom is -0.402 e. The molecule has 0 saturated heterocycles. The maximum absolute atomic E-state index is 12.6. The quantitative estimate of drug-likeness (QED) is 0.300. The van der Waals surface area contributed by atoms with Crippen molar-refractivity contribution in [3.05, 3.63) is 107 Å². The third kappa shape index (κ3) is 4.52. The van der Waals surface area contributed by atoms with Gasteiger partial charge in [0, 0.05) is 35.5 Å². The second kappa shape index (κ2) is 9.43. The van der Waals surface area contributed by atoms with E-state index < -0.39 is 5.97 Å². The summed E-state index contributed by atoms with van der Waals surface area (Å²) in [5, 5.41) is 0. The molecule has 1 aliphatic heterocycles. The molecule has 0 bridgehead atoms. The predicted molar refractivity (Wildman–Crippen MR) is 127 cm³/mol. The molecule has 3 aromatic carbocycles. The van der Waals surface area contributed by atoms with Crippen LogP contribution in [0.1, 0.15) is 40.9 Å². The van der Waals surface area contributed by atoms with Gasteiger partial charge in [0.1, 0.15) is 0 Å². The fourth-order valence-electron chi connectivity index (χ4n) is 3.58. The maximum Gasteiger partial charge on any atom is 0.363 e. The molecule has 0 amide bonds. The number of ketones is 1.